The van der Waals surface area contributed by atoms with Gasteiger partial charge in [-0.1, -0.05) is 12.8 Å². The highest BCUT2D eigenvalue weighted by atomic mass is 16.3. The van der Waals surface area contributed by atoms with Crippen LogP contribution in [0.5, 0.6) is 0 Å². The SMILES string of the molecule is CC(O)CN(C(=O)NC1CCN(CC2CCCC2)C1)C(C)C. The monoisotopic (exact) mass is 311 g/mol. The van der Waals surface area contributed by atoms with E-state index >= 15 is 0 Å². The summed E-state index contributed by atoms with van der Waals surface area (Å²) in [7, 11) is 0. The largest absolute Gasteiger partial charge is 0.392 e. The topological polar surface area (TPSA) is 55.8 Å². The second-order valence-corrected chi connectivity index (χ2v) is 7.44. The van der Waals surface area contributed by atoms with Gasteiger partial charge in [0, 0.05) is 38.3 Å². The second kappa shape index (κ2) is 8.16. The molecule has 0 aromatic rings. The van der Waals surface area contributed by atoms with Crippen molar-refractivity contribution in [3.63, 3.8) is 0 Å². The Morgan fingerprint density at radius 3 is 2.55 bits per heavy atom. The summed E-state index contributed by atoms with van der Waals surface area (Å²) >= 11 is 0. The van der Waals surface area contributed by atoms with Crippen LogP contribution in [0.25, 0.3) is 0 Å². The van der Waals surface area contributed by atoms with Gasteiger partial charge >= 0.3 is 6.03 Å². The number of hydrogen-bond acceptors (Lipinski definition) is 3. The molecule has 0 aromatic carbocycles. The number of carbonyl (C=O) groups is 1. The Labute approximate surface area is 135 Å². The van der Waals surface area contributed by atoms with Crippen LogP contribution < -0.4 is 5.32 Å². The first-order chi connectivity index (χ1) is 10.5. The van der Waals surface area contributed by atoms with E-state index in [1.807, 2.05) is 13.8 Å². The lowest BCUT2D eigenvalue weighted by Crippen LogP contribution is -2.50. The first-order valence-electron chi connectivity index (χ1n) is 8.93. The van der Waals surface area contributed by atoms with Crippen molar-refractivity contribution in [3.8, 4) is 0 Å². The molecule has 1 aliphatic carbocycles. The van der Waals surface area contributed by atoms with Crippen molar-refractivity contribution in [1.82, 2.24) is 15.1 Å². The average Bonchev–Trinajstić information content (AvgIpc) is 3.08. The molecule has 1 heterocycles. The number of hydrogen-bond donors (Lipinski definition) is 2. The van der Waals surface area contributed by atoms with E-state index in [4.69, 9.17) is 0 Å². The summed E-state index contributed by atoms with van der Waals surface area (Å²) in [6, 6.07) is 0.318. The van der Waals surface area contributed by atoms with E-state index in [0.29, 0.717) is 6.54 Å². The highest BCUT2D eigenvalue weighted by Crippen LogP contribution is 2.26. The summed E-state index contributed by atoms with van der Waals surface area (Å²) in [5, 5.41) is 12.7. The van der Waals surface area contributed by atoms with Crippen LogP contribution >= 0.6 is 0 Å². The van der Waals surface area contributed by atoms with Crippen LogP contribution in [0, 0.1) is 5.92 Å². The van der Waals surface area contributed by atoms with Crippen molar-refractivity contribution in [3.05, 3.63) is 0 Å². The molecule has 2 fully saturated rings. The number of amides is 2. The molecule has 2 N–H and O–H groups in total. The van der Waals surface area contributed by atoms with Crippen molar-refractivity contribution in [2.24, 2.45) is 5.92 Å². The Morgan fingerprint density at radius 2 is 1.95 bits per heavy atom. The molecule has 0 aromatic heterocycles. The average molecular weight is 311 g/mol. The Hall–Kier alpha value is -0.810. The maximum absolute atomic E-state index is 12.4. The third-order valence-corrected chi connectivity index (χ3v) is 4.94. The molecule has 5 nitrogen and oxygen atoms in total. The van der Waals surface area contributed by atoms with Gasteiger partial charge in [-0.2, -0.15) is 0 Å². The van der Waals surface area contributed by atoms with E-state index in [1.165, 1.54) is 32.2 Å². The van der Waals surface area contributed by atoms with E-state index in [0.717, 1.165) is 25.4 Å². The summed E-state index contributed by atoms with van der Waals surface area (Å²) in [6.45, 7) is 9.37. The lowest BCUT2D eigenvalue weighted by atomic mass is 10.1. The molecule has 0 bridgehead atoms. The Bertz CT molecular complexity index is 354. The molecule has 2 atom stereocenters. The molecule has 1 saturated carbocycles. The minimum atomic E-state index is -0.490. The van der Waals surface area contributed by atoms with Gasteiger partial charge < -0.3 is 20.2 Å². The van der Waals surface area contributed by atoms with Gasteiger partial charge in [0.15, 0.2) is 0 Å². The zero-order valence-corrected chi connectivity index (χ0v) is 14.4. The number of carbonyl (C=O) groups excluding carboxylic acids is 1. The smallest absolute Gasteiger partial charge is 0.317 e. The number of likely N-dealkylation sites (tertiary alicyclic amines) is 1. The summed E-state index contributed by atoms with van der Waals surface area (Å²) in [5.41, 5.74) is 0. The van der Waals surface area contributed by atoms with Crippen LogP contribution in [-0.2, 0) is 0 Å². The van der Waals surface area contributed by atoms with E-state index in [-0.39, 0.29) is 18.1 Å². The lowest BCUT2D eigenvalue weighted by Gasteiger charge is -2.29. The molecule has 2 amide bonds. The third-order valence-electron chi connectivity index (χ3n) is 4.94. The first-order valence-corrected chi connectivity index (χ1v) is 8.93. The molecule has 128 valence electrons. The lowest BCUT2D eigenvalue weighted by molar-refractivity contribution is 0.117. The molecule has 0 spiro atoms. The van der Waals surface area contributed by atoms with Gasteiger partial charge in [-0.3, -0.25) is 0 Å². The van der Waals surface area contributed by atoms with E-state index < -0.39 is 6.10 Å². The van der Waals surface area contributed by atoms with E-state index in [2.05, 4.69) is 10.2 Å². The highest BCUT2D eigenvalue weighted by molar-refractivity contribution is 5.75. The van der Waals surface area contributed by atoms with Gasteiger partial charge in [0.1, 0.15) is 0 Å². The predicted molar refractivity (Wildman–Crippen MR) is 88.9 cm³/mol. The molecule has 22 heavy (non-hydrogen) atoms. The summed E-state index contributed by atoms with van der Waals surface area (Å²) < 4.78 is 0. The van der Waals surface area contributed by atoms with Crippen LogP contribution in [-0.4, -0.2) is 65.3 Å². The number of nitrogens with zero attached hydrogens (tertiary/aromatic N) is 2. The number of rotatable bonds is 6. The van der Waals surface area contributed by atoms with Crippen molar-refractivity contribution in [2.45, 2.75) is 71.1 Å². The van der Waals surface area contributed by atoms with Crippen LogP contribution in [0.1, 0.15) is 52.9 Å². The van der Waals surface area contributed by atoms with Crippen LogP contribution in [0.2, 0.25) is 0 Å². The predicted octanol–water partition coefficient (Wildman–Crippen LogP) is 2.05. The van der Waals surface area contributed by atoms with Crippen molar-refractivity contribution < 1.29 is 9.90 Å². The van der Waals surface area contributed by atoms with Crippen LogP contribution in [0.3, 0.4) is 0 Å². The fourth-order valence-electron chi connectivity index (χ4n) is 3.74. The minimum Gasteiger partial charge on any atom is -0.392 e. The Kier molecular flexibility index (Phi) is 6.50. The Balaban J connectivity index is 1.76. The molecule has 5 heteroatoms. The Morgan fingerprint density at radius 1 is 1.27 bits per heavy atom. The maximum atomic E-state index is 12.4. The molecule has 2 rings (SSSR count). The first kappa shape index (κ1) is 17.5. The molecule has 2 unspecified atom stereocenters. The molecular formula is C17H33N3O2. The maximum Gasteiger partial charge on any atom is 0.317 e. The van der Waals surface area contributed by atoms with Gasteiger partial charge in [0.25, 0.3) is 0 Å². The third kappa shape index (κ3) is 5.13. The van der Waals surface area contributed by atoms with E-state index in [9.17, 15) is 9.90 Å². The standard InChI is InChI=1S/C17H33N3O2/c1-13(2)20(10-14(3)21)17(22)18-16-8-9-19(12-16)11-15-6-4-5-7-15/h13-16,21H,4-12H2,1-3H3,(H,18,22). The van der Waals surface area contributed by atoms with Gasteiger partial charge in [-0.15, -0.1) is 0 Å². The molecule has 0 radical (unpaired) electrons. The van der Waals surface area contributed by atoms with E-state index in [1.54, 1.807) is 11.8 Å². The van der Waals surface area contributed by atoms with Gasteiger partial charge in [-0.05, 0) is 46.0 Å². The summed E-state index contributed by atoms with van der Waals surface area (Å²) in [6.07, 6.45) is 6.09. The molecule has 1 aliphatic heterocycles. The van der Waals surface area contributed by atoms with Crippen molar-refractivity contribution in [1.29, 1.82) is 0 Å². The second-order valence-electron chi connectivity index (χ2n) is 7.44. The van der Waals surface area contributed by atoms with Gasteiger partial charge in [0.2, 0.25) is 0 Å². The van der Waals surface area contributed by atoms with Crippen LogP contribution in [0.15, 0.2) is 0 Å². The number of aliphatic hydroxyl groups is 1. The zero-order chi connectivity index (χ0) is 16.1. The summed E-state index contributed by atoms with van der Waals surface area (Å²) in [5.74, 6) is 0.872. The highest BCUT2D eigenvalue weighted by Gasteiger charge is 2.28. The fraction of sp³-hybridized carbons (Fsp3) is 0.941. The molecule has 2 aliphatic rings. The minimum absolute atomic E-state index is 0.0383. The molecule has 1 saturated heterocycles. The van der Waals surface area contributed by atoms with Crippen molar-refractivity contribution >= 4 is 6.03 Å². The number of urea groups is 1. The van der Waals surface area contributed by atoms with Gasteiger partial charge in [-0.25, -0.2) is 4.79 Å². The number of aliphatic hydroxyl groups excluding tert-OH is 1. The summed E-state index contributed by atoms with van der Waals surface area (Å²) in [4.78, 5) is 16.6. The molecular weight excluding hydrogens is 278 g/mol. The normalized spacial score (nSPS) is 24.9. The zero-order valence-electron chi connectivity index (χ0n) is 14.4. The van der Waals surface area contributed by atoms with Crippen molar-refractivity contribution in [2.75, 3.05) is 26.2 Å². The van der Waals surface area contributed by atoms with Gasteiger partial charge in [0.05, 0.1) is 6.10 Å². The number of nitrogens with one attached hydrogen (secondary N) is 1. The van der Waals surface area contributed by atoms with Crippen LogP contribution in [0.4, 0.5) is 4.79 Å². The fourth-order valence-corrected chi connectivity index (χ4v) is 3.74. The quantitative estimate of drug-likeness (QED) is 0.789.